The summed E-state index contributed by atoms with van der Waals surface area (Å²) in [6, 6.07) is 5.49. The monoisotopic (exact) mass is 315 g/mol. The molecule has 23 heavy (non-hydrogen) atoms. The summed E-state index contributed by atoms with van der Waals surface area (Å²) >= 11 is 0. The van der Waals surface area contributed by atoms with Gasteiger partial charge in [0.15, 0.2) is 5.79 Å². The van der Waals surface area contributed by atoms with Crippen molar-refractivity contribution in [1.29, 1.82) is 0 Å². The van der Waals surface area contributed by atoms with Gasteiger partial charge in [-0.25, -0.2) is 4.98 Å². The van der Waals surface area contributed by atoms with E-state index in [0.717, 1.165) is 36.7 Å². The number of carbonyl (C=O) groups excluding carboxylic acids is 1. The maximum absolute atomic E-state index is 13.0. The number of aromatic nitrogens is 2. The highest BCUT2D eigenvalue weighted by Crippen LogP contribution is 2.39. The molecule has 1 aromatic carbocycles. The SMILES string of the molecule is Cc1nc2ccc(N)cc2n1C(=O)C1CCC2(CC1)OCCO2. The Morgan fingerprint density at radius 3 is 2.70 bits per heavy atom. The Morgan fingerprint density at radius 1 is 1.30 bits per heavy atom. The van der Waals surface area contributed by atoms with Crippen LogP contribution in [0.25, 0.3) is 11.0 Å². The Kier molecular flexibility index (Phi) is 3.39. The van der Waals surface area contributed by atoms with Crippen LogP contribution in [0.3, 0.4) is 0 Å². The minimum atomic E-state index is -0.437. The van der Waals surface area contributed by atoms with Crippen LogP contribution in [0.2, 0.25) is 0 Å². The smallest absolute Gasteiger partial charge is 0.235 e. The van der Waals surface area contributed by atoms with Gasteiger partial charge in [-0.1, -0.05) is 0 Å². The Morgan fingerprint density at radius 2 is 2.00 bits per heavy atom. The molecular formula is C17H21N3O3. The van der Waals surface area contributed by atoms with Crippen molar-refractivity contribution in [3.63, 3.8) is 0 Å². The number of nitrogens with zero attached hydrogens (tertiary/aromatic N) is 2. The van der Waals surface area contributed by atoms with E-state index in [0.29, 0.717) is 24.7 Å². The lowest BCUT2D eigenvalue weighted by atomic mass is 9.84. The average molecular weight is 315 g/mol. The molecule has 2 fully saturated rings. The normalized spacial score (nSPS) is 21.3. The summed E-state index contributed by atoms with van der Waals surface area (Å²) in [7, 11) is 0. The molecule has 1 aliphatic heterocycles. The molecular weight excluding hydrogens is 294 g/mol. The zero-order valence-corrected chi connectivity index (χ0v) is 13.2. The molecule has 1 saturated carbocycles. The molecule has 6 heteroatoms. The molecule has 2 aliphatic rings. The van der Waals surface area contributed by atoms with Crippen molar-refractivity contribution in [3.8, 4) is 0 Å². The highest BCUT2D eigenvalue weighted by Gasteiger charge is 2.42. The van der Waals surface area contributed by atoms with Crippen LogP contribution < -0.4 is 5.73 Å². The Hall–Kier alpha value is -1.92. The van der Waals surface area contributed by atoms with Crippen molar-refractivity contribution in [2.75, 3.05) is 18.9 Å². The zero-order chi connectivity index (χ0) is 16.0. The molecule has 6 nitrogen and oxygen atoms in total. The van der Waals surface area contributed by atoms with E-state index in [2.05, 4.69) is 4.98 Å². The van der Waals surface area contributed by atoms with Crippen LogP contribution in [0.5, 0.6) is 0 Å². The Bertz CT molecular complexity index is 752. The van der Waals surface area contributed by atoms with Crippen molar-refractivity contribution in [1.82, 2.24) is 9.55 Å². The first-order valence-electron chi connectivity index (χ1n) is 8.15. The van der Waals surface area contributed by atoms with Gasteiger partial charge in [-0.05, 0) is 38.0 Å². The molecule has 0 atom stereocenters. The third-order valence-corrected chi connectivity index (χ3v) is 4.98. The molecule has 1 aromatic heterocycles. The van der Waals surface area contributed by atoms with Crippen LogP contribution in [0, 0.1) is 12.8 Å². The van der Waals surface area contributed by atoms with Crippen molar-refractivity contribution in [3.05, 3.63) is 24.0 Å². The number of imidazole rings is 1. The van der Waals surface area contributed by atoms with E-state index in [1.54, 1.807) is 4.57 Å². The number of hydrogen-bond acceptors (Lipinski definition) is 5. The molecule has 0 unspecified atom stereocenters. The van der Waals surface area contributed by atoms with Gasteiger partial charge in [0.1, 0.15) is 5.82 Å². The highest BCUT2D eigenvalue weighted by molar-refractivity contribution is 5.93. The van der Waals surface area contributed by atoms with Crippen LogP contribution in [0.15, 0.2) is 18.2 Å². The first kappa shape index (κ1) is 14.7. The van der Waals surface area contributed by atoms with E-state index in [1.165, 1.54) is 0 Å². The number of hydrogen-bond donors (Lipinski definition) is 1. The van der Waals surface area contributed by atoms with Gasteiger partial charge in [-0.15, -0.1) is 0 Å². The standard InChI is InChI=1S/C17H21N3O3/c1-11-19-14-3-2-13(18)10-15(14)20(11)16(21)12-4-6-17(7-5-12)22-8-9-23-17/h2-3,10,12H,4-9,18H2,1H3. The molecule has 4 rings (SSSR count). The van der Waals surface area contributed by atoms with Crippen molar-refractivity contribution < 1.29 is 14.3 Å². The fourth-order valence-corrected chi connectivity index (χ4v) is 3.76. The number of rotatable bonds is 1. The summed E-state index contributed by atoms with van der Waals surface area (Å²) in [5.41, 5.74) is 8.11. The quantitative estimate of drug-likeness (QED) is 0.818. The van der Waals surface area contributed by atoms with Crippen LogP contribution in [-0.2, 0) is 9.47 Å². The number of nitrogen functional groups attached to an aromatic ring is 1. The predicted molar refractivity (Wildman–Crippen MR) is 86.1 cm³/mol. The summed E-state index contributed by atoms with van der Waals surface area (Å²) in [6.07, 6.45) is 3.11. The minimum absolute atomic E-state index is 0.0223. The minimum Gasteiger partial charge on any atom is -0.399 e. The number of nitrogens with two attached hydrogens (primary N) is 1. The summed E-state index contributed by atoms with van der Waals surface area (Å²) in [6.45, 7) is 3.17. The van der Waals surface area contributed by atoms with Gasteiger partial charge in [0.05, 0.1) is 24.2 Å². The largest absolute Gasteiger partial charge is 0.399 e. The summed E-state index contributed by atoms with van der Waals surface area (Å²) < 4.78 is 13.2. The van der Waals surface area contributed by atoms with E-state index >= 15 is 0 Å². The van der Waals surface area contributed by atoms with E-state index in [-0.39, 0.29) is 11.8 Å². The predicted octanol–water partition coefficient (Wildman–Crippen LogP) is 2.50. The Labute approximate surface area is 134 Å². The van der Waals surface area contributed by atoms with Crippen molar-refractivity contribution in [2.24, 2.45) is 5.92 Å². The van der Waals surface area contributed by atoms with E-state index < -0.39 is 5.79 Å². The fourth-order valence-electron chi connectivity index (χ4n) is 3.76. The maximum Gasteiger partial charge on any atom is 0.235 e. The maximum atomic E-state index is 13.0. The second-order valence-electron chi connectivity index (χ2n) is 6.46. The number of benzene rings is 1. The number of ether oxygens (including phenoxy) is 2. The lowest BCUT2D eigenvalue weighted by molar-refractivity contribution is -0.180. The number of aryl methyl sites for hydroxylation is 1. The molecule has 1 spiro atoms. The number of fused-ring (bicyclic) bond motifs is 1. The van der Waals surface area contributed by atoms with E-state index in [1.807, 2.05) is 25.1 Å². The van der Waals surface area contributed by atoms with Gasteiger partial charge < -0.3 is 15.2 Å². The molecule has 0 bridgehead atoms. The lowest BCUT2D eigenvalue weighted by Gasteiger charge is -2.34. The zero-order valence-electron chi connectivity index (χ0n) is 13.2. The van der Waals surface area contributed by atoms with E-state index in [9.17, 15) is 4.79 Å². The molecule has 0 radical (unpaired) electrons. The third kappa shape index (κ3) is 2.42. The molecule has 1 aliphatic carbocycles. The second kappa shape index (κ2) is 5.32. The molecule has 0 amide bonds. The second-order valence-corrected chi connectivity index (χ2v) is 6.46. The van der Waals surface area contributed by atoms with Crippen LogP contribution in [0.4, 0.5) is 5.69 Å². The Balaban J connectivity index is 1.60. The fraction of sp³-hybridized carbons (Fsp3) is 0.529. The topological polar surface area (TPSA) is 79.4 Å². The first-order chi connectivity index (χ1) is 11.1. The first-order valence-corrected chi connectivity index (χ1v) is 8.15. The van der Waals surface area contributed by atoms with Gasteiger partial charge in [0, 0.05) is 24.4 Å². The van der Waals surface area contributed by atoms with Crippen LogP contribution in [0.1, 0.15) is 36.3 Å². The molecule has 122 valence electrons. The summed E-state index contributed by atoms with van der Waals surface area (Å²) in [5.74, 6) is 0.353. The number of anilines is 1. The molecule has 2 heterocycles. The third-order valence-electron chi connectivity index (χ3n) is 4.98. The van der Waals surface area contributed by atoms with Crippen LogP contribution >= 0.6 is 0 Å². The summed E-state index contributed by atoms with van der Waals surface area (Å²) in [4.78, 5) is 17.5. The van der Waals surface area contributed by atoms with Crippen LogP contribution in [-0.4, -0.2) is 34.5 Å². The van der Waals surface area contributed by atoms with Crippen molar-refractivity contribution in [2.45, 2.75) is 38.4 Å². The van der Waals surface area contributed by atoms with Gasteiger partial charge >= 0.3 is 0 Å². The molecule has 2 N–H and O–H groups in total. The van der Waals surface area contributed by atoms with Crippen molar-refractivity contribution >= 4 is 22.6 Å². The number of carbonyl (C=O) groups is 1. The van der Waals surface area contributed by atoms with E-state index in [4.69, 9.17) is 15.2 Å². The lowest BCUT2D eigenvalue weighted by Crippen LogP contribution is -2.38. The molecule has 1 saturated heterocycles. The van der Waals surface area contributed by atoms with Gasteiger partial charge in [-0.3, -0.25) is 9.36 Å². The van der Waals surface area contributed by atoms with Gasteiger partial charge in [0.25, 0.3) is 0 Å². The average Bonchev–Trinajstić information content (AvgIpc) is 3.11. The van der Waals surface area contributed by atoms with Gasteiger partial charge in [0.2, 0.25) is 5.91 Å². The highest BCUT2D eigenvalue weighted by atomic mass is 16.7. The van der Waals surface area contributed by atoms with Gasteiger partial charge in [-0.2, -0.15) is 0 Å². The summed E-state index contributed by atoms with van der Waals surface area (Å²) in [5, 5.41) is 0. The molecule has 2 aromatic rings.